The lowest BCUT2D eigenvalue weighted by Crippen LogP contribution is -2.26. The SMILES string of the molecule is CCN1C(=CC2=CC(C)=C3CC=C4NCCCC4=C3O2)Sc2ccccc21. The number of nitrogens with one attached hydrogen (secondary N) is 1. The van der Waals surface area contributed by atoms with Crippen molar-refractivity contribution in [3.8, 4) is 0 Å². The molecule has 1 aliphatic carbocycles. The quantitative estimate of drug-likeness (QED) is 0.724. The lowest BCUT2D eigenvalue weighted by molar-refractivity contribution is 0.312. The van der Waals surface area contributed by atoms with E-state index in [9.17, 15) is 0 Å². The molecule has 0 amide bonds. The Morgan fingerprint density at radius 3 is 3.04 bits per heavy atom. The Balaban J connectivity index is 1.51. The predicted molar refractivity (Wildman–Crippen MR) is 112 cm³/mol. The maximum atomic E-state index is 6.47. The van der Waals surface area contributed by atoms with E-state index in [1.165, 1.54) is 44.4 Å². The summed E-state index contributed by atoms with van der Waals surface area (Å²) >= 11 is 1.83. The van der Waals surface area contributed by atoms with E-state index in [0.717, 1.165) is 37.4 Å². The van der Waals surface area contributed by atoms with E-state index in [4.69, 9.17) is 4.74 Å². The average molecular weight is 377 g/mol. The highest BCUT2D eigenvalue weighted by Gasteiger charge is 2.29. The zero-order valence-electron chi connectivity index (χ0n) is 15.8. The molecule has 5 rings (SSSR count). The van der Waals surface area contributed by atoms with Crippen molar-refractivity contribution >= 4 is 17.4 Å². The highest BCUT2D eigenvalue weighted by Crippen LogP contribution is 2.47. The maximum Gasteiger partial charge on any atom is 0.136 e. The zero-order chi connectivity index (χ0) is 18.4. The average Bonchev–Trinajstić information content (AvgIpc) is 3.04. The number of allylic oxidation sites excluding steroid dienone is 6. The molecule has 0 atom stereocenters. The van der Waals surface area contributed by atoms with Gasteiger partial charge in [-0.05, 0) is 56.9 Å². The Morgan fingerprint density at radius 2 is 2.15 bits per heavy atom. The standard InChI is InChI=1S/C23H24N2OS/c1-3-25-20-8-4-5-9-21(20)27-22(25)14-16-13-15(2)17-10-11-19-18(23(17)26-16)7-6-12-24-19/h4-5,8-9,11,13-14,24H,3,6-7,10,12H2,1-2H3. The van der Waals surface area contributed by atoms with Crippen molar-refractivity contribution in [2.24, 2.45) is 0 Å². The maximum absolute atomic E-state index is 6.47. The van der Waals surface area contributed by atoms with Crippen molar-refractivity contribution in [2.45, 2.75) is 38.0 Å². The van der Waals surface area contributed by atoms with Gasteiger partial charge in [0.2, 0.25) is 0 Å². The van der Waals surface area contributed by atoms with Crippen molar-refractivity contribution in [1.29, 1.82) is 0 Å². The molecule has 1 N–H and O–H groups in total. The van der Waals surface area contributed by atoms with E-state index in [1.807, 2.05) is 11.8 Å². The van der Waals surface area contributed by atoms with Crippen LogP contribution in [0, 0.1) is 0 Å². The fraction of sp³-hybridized carbons (Fsp3) is 0.304. The van der Waals surface area contributed by atoms with Gasteiger partial charge < -0.3 is 15.0 Å². The van der Waals surface area contributed by atoms with E-state index in [2.05, 4.69) is 66.6 Å². The lowest BCUT2D eigenvalue weighted by atomic mass is 9.88. The number of hydrogen-bond donors (Lipinski definition) is 1. The summed E-state index contributed by atoms with van der Waals surface area (Å²) in [7, 11) is 0. The van der Waals surface area contributed by atoms with Gasteiger partial charge in [0.05, 0.1) is 10.7 Å². The molecule has 27 heavy (non-hydrogen) atoms. The number of ether oxygens (including phenoxy) is 1. The lowest BCUT2D eigenvalue weighted by Gasteiger charge is -2.31. The molecule has 0 radical (unpaired) electrons. The molecule has 0 aromatic heterocycles. The second-order valence-corrected chi connectivity index (χ2v) is 8.33. The second kappa shape index (κ2) is 6.68. The van der Waals surface area contributed by atoms with Gasteiger partial charge in [0, 0.05) is 40.9 Å². The number of hydrogen-bond acceptors (Lipinski definition) is 4. The van der Waals surface area contributed by atoms with Crippen LogP contribution in [-0.4, -0.2) is 13.1 Å². The van der Waals surface area contributed by atoms with Gasteiger partial charge in [-0.2, -0.15) is 0 Å². The van der Waals surface area contributed by atoms with Gasteiger partial charge in [-0.1, -0.05) is 30.0 Å². The third kappa shape index (κ3) is 2.83. The van der Waals surface area contributed by atoms with Crippen molar-refractivity contribution in [3.63, 3.8) is 0 Å². The molecule has 0 saturated carbocycles. The first kappa shape index (κ1) is 16.8. The molecule has 1 saturated heterocycles. The van der Waals surface area contributed by atoms with Crippen molar-refractivity contribution in [1.82, 2.24) is 5.32 Å². The summed E-state index contributed by atoms with van der Waals surface area (Å²) in [6.45, 7) is 6.42. The summed E-state index contributed by atoms with van der Waals surface area (Å²) in [5.74, 6) is 2.04. The van der Waals surface area contributed by atoms with Crippen molar-refractivity contribution < 1.29 is 4.74 Å². The summed E-state index contributed by atoms with van der Waals surface area (Å²) in [6.07, 6.45) is 9.93. The number of rotatable bonds is 2. The number of thioether (sulfide) groups is 1. The van der Waals surface area contributed by atoms with Crippen LogP contribution < -0.4 is 10.2 Å². The Hall–Kier alpha value is -2.33. The molecule has 1 aromatic carbocycles. The summed E-state index contributed by atoms with van der Waals surface area (Å²) < 4.78 is 6.47. The van der Waals surface area contributed by atoms with Crippen LogP contribution in [0.3, 0.4) is 0 Å². The number of fused-ring (bicyclic) bond motifs is 3. The van der Waals surface area contributed by atoms with Crippen LogP contribution >= 0.6 is 11.8 Å². The van der Waals surface area contributed by atoms with Gasteiger partial charge in [0.15, 0.2) is 0 Å². The smallest absolute Gasteiger partial charge is 0.136 e. The number of anilines is 1. The third-order valence-corrected chi connectivity index (χ3v) is 6.69. The van der Waals surface area contributed by atoms with Gasteiger partial charge in [0.1, 0.15) is 11.5 Å². The first-order chi connectivity index (χ1) is 13.2. The molecular weight excluding hydrogens is 352 g/mol. The van der Waals surface area contributed by atoms with Crippen LogP contribution in [0.2, 0.25) is 0 Å². The highest BCUT2D eigenvalue weighted by atomic mass is 32.2. The van der Waals surface area contributed by atoms with Gasteiger partial charge in [-0.25, -0.2) is 0 Å². The number of benzene rings is 1. The molecule has 0 bridgehead atoms. The summed E-state index contributed by atoms with van der Waals surface area (Å²) in [5, 5.41) is 4.77. The third-order valence-electron chi connectivity index (χ3n) is 5.58. The first-order valence-electron chi connectivity index (χ1n) is 9.78. The van der Waals surface area contributed by atoms with E-state index in [0.29, 0.717) is 0 Å². The minimum atomic E-state index is 0.944. The predicted octanol–water partition coefficient (Wildman–Crippen LogP) is 5.62. The van der Waals surface area contributed by atoms with Crippen LogP contribution in [0.15, 0.2) is 86.4 Å². The second-order valence-electron chi connectivity index (χ2n) is 7.27. The van der Waals surface area contributed by atoms with Gasteiger partial charge in [-0.3, -0.25) is 0 Å². The Bertz CT molecular complexity index is 964. The molecule has 0 unspecified atom stereocenters. The Kier molecular flexibility index (Phi) is 4.16. The highest BCUT2D eigenvalue weighted by molar-refractivity contribution is 8.03. The molecule has 0 spiro atoms. The Labute approximate surface area is 165 Å². The molecule has 138 valence electrons. The molecule has 1 aromatic rings. The van der Waals surface area contributed by atoms with E-state index in [1.54, 1.807) is 0 Å². The van der Waals surface area contributed by atoms with E-state index in [-0.39, 0.29) is 0 Å². The van der Waals surface area contributed by atoms with Gasteiger partial charge in [-0.15, -0.1) is 0 Å². The fourth-order valence-corrected chi connectivity index (χ4v) is 5.40. The van der Waals surface area contributed by atoms with E-state index >= 15 is 0 Å². The molecule has 4 aliphatic rings. The minimum Gasteiger partial charge on any atom is -0.457 e. The molecule has 3 aliphatic heterocycles. The van der Waals surface area contributed by atoms with Crippen LogP contribution in [0.5, 0.6) is 0 Å². The molecular formula is C23H24N2OS. The van der Waals surface area contributed by atoms with Gasteiger partial charge in [0.25, 0.3) is 0 Å². The topological polar surface area (TPSA) is 24.5 Å². The molecule has 1 fully saturated rings. The monoisotopic (exact) mass is 376 g/mol. The van der Waals surface area contributed by atoms with Gasteiger partial charge >= 0.3 is 0 Å². The van der Waals surface area contributed by atoms with Crippen LogP contribution in [0.4, 0.5) is 5.69 Å². The van der Waals surface area contributed by atoms with Crippen LogP contribution in [0.1, 0.15) is 33.1 Å². The number of para-hydroxylation sites is 1. The molecule has 4 heteroatoms. The minimum absolute atomic E-state index is 0.944. The van der Waals surface area contributed by atoms with Crippen LogP contribution in [-0.2, 0) is 4.74 Å². The summed E-state index contributed by atoms with van der Waals surface area (Å²) in [6, 6.07) is 8.61. The summed E-state index contributed by atoms with van der Waals surface area (Å²) in [4.78, 5) is 3.68. The zero-order valence-corrected chi connectivity index (χ0v) is 16.7. The largest absolute Gasteiger partial charge is 0.457 e. The van der Waals surface area contributed by atoms with E-state index < -0.39 is 0 Å². The normalized spacial score (nSPS) is 22.6. The van der Waals surface area contributed by atoms with Crippen LogP contribution in [0.25, 0.3) is 0 Å². The first-order valence-corrected chi connectivity index (χ1v) is 10.6. The van der Waals surface area contributed by atoms with Crippen molar-refractivity contribution in [2.75, 3.05) is 18.0 Å². The Morgan fingerprint density at radius 1 is 1.26 bits per heavy atom. The van der Waals surface area contributed by atoms with Crippen molar-refractivity contribution in [3.05, 3.63) is 81.5 Å². The summed E-state index contributed by atoms with van der Waals surface area (Å²) in [5.41, 5.74) is 6.58. The molecule has 3 nitrogen and oxygen atoms in total. The fourth-order valence-electron chi connectivity index (χ4n) is 4.23. The number of nitrogens with zero attached hydrogens (tertiary/aromatic N) is 1. The number of piperidine rings is 1. The molecule has 3 heterocycles.